The molecular formula is C26H42N8O8. The van der Waals surface area contributed by atoms with Crippen LogP contribution in [-0.2, 0) is 30.4 Å². The molecule has 0 bridgehead atoms. The lowest BCUT2D eigenvalue weighted by Gasteiger charge is -2.25. The molecule has 16 heteroatoms. The van der Waals surface area contributed by atoms with Gasteiger partial charge in [0.15, 0.2) is 5.96 Å². The number of hydrogen-bond donors (Lipinski definition) is 10. The van der Waals surface area contributed by atoms with Crippen LogP contribution in [0.3, 0.4) is 0 Å². The number of nitrogens with zero attached hydrogens (tertiary/aromatic N) is 1. The van der Waals surface area contributed by atoms with E-state index in [1.807, 2.05) is 0 Å². The number of nitrogens with two attached hydrogens (primary N) is 4. The zero-order valence-electron chi connectivity index (χ0n) is 23.3. The van der Waals surface area contributed by atoms with Gasteiger partial charge in [0.05, 0.1) is 6.04 Å². The van der Waals surface area contributed by atoms with Gasteiger partial charge in [-0.2, -0.15) is 0 Å². The average molecular weight is 595 g/mol. The number of phenols is 1. The number of aliphatic carboxylic acids is 2. The maximum Gasteiger partial charge on any atom is 0.326 e. The molecule has 0 spiro atoms. The molecule has 4 unspecified atom stereocenters. The Labute approximate surface area is 243 Å². The van der Waals surface area contributed by atoms with E-state index in [1.165, 1.54) is 12.1 Å². The van der Waals surface area contributed by atoms with Crippen LogP contribution in [0.4, 0.5) is 0 Å². The van der Waals surface area contributed by atoms with E-state index >= 15 is 0 Å². The third-order valence-corrected chi connectivity index (χ3v) is 6.15. The van der Waals surface area contributed by atoms with E-state index in [0.717, 1.165) is 0 Å². The number of aliphatic imine (C=N–C) groups is 1. The molecule has 234 valence electrons. The highest BCUT2D eigenvalue weighted by Crippen LogP contribution is 2.12. The first-order valence-corrected chi connectivity index (χ1v) is 13.5. The molecule has 1 rings (SSSR count). The van der Waals surface area contributed by atoms with E-state index in [1.54, 1.807) is 12.1 Å². The van der Waals surface area contributed by atoms with Crippen molar-refractivity contribution in [1.29, 1.82) is 0 Å². The van der Waals surface area contributed by atoms with Gasteiger partial charge >= 0.3 is 11.9 Å². The molecule has 0 fully saturated rings. The monoisotopic (exact) mass is 594 g/mol. The van der Waals surface area contributed by atoms with Crippen molar-refractivity contribution >= 4 is 35.6 Å². The number of carboxylic acid groups (broad SMARTS) is 2. The predicted octanol–water partition coefficient (Wildman–Crippen LogP) is -2.15. The number of aromatic hydroxyl groups is 1. The number of benzene rings is 1. The minimum absolute atomic E-state index is 0.0518. The fourth-order valence-corrected chi connectivity index (χ4v) is 3.86. The van der Waals surface area contributed by atoms with Crippen molar-refractivity contribution in [3.63, 3.8) is 0 Å². The van der Waals surface area contributed by atoms with Crippen molar-refractivity contribution in [2.75, 3.05) is 13.1 Å². The highest BCUT2D eigenvalue weighted by Gasteiger charge is 2.30. The molecule has 1 aromatic rings. The number of nitrogens with one attached hydrogen (secondary N) is 3. The quantitative estimate of drug-likeness (QED) is 0.0439. The number of phenolic OH excluding ortho intramolecular Hbond substituents is 1. The summed E-state index contributed by atoms with van der Waals surface area (Å²) in [5, 5.41) is 35.2. The standard InChI is InChI=1S/C26H42N8O8/c27-12-2-1-4-18(24(40)34-20(25(41)42)10-11-21(36)37)33-23(39)19(5-3-13-31-26(29)30)32-22(38)17(28)14-15-6-8-16(35)9-7-15/h6-9,17-20,35H,1-5,10-14,27-28H2,(H,32,38)(H,33,39)(H,34,40)(H,36,37)(H,41,42)(H4,29,30,31). The minimum Gasteiger partial charge on any atom is -0.508 e. The van der Waals surface area contributed by atoms with Crippen molar-refractivity contribution in [2.45, 2.75) is 75.5 Å². The molecule has 0 aromatic heterocycles. The lowest BCUT2D eigenvalue weighted by atomic mass is 10.0. The first-order chi connectivity index (χ1) is 19.8. The molecule has 0 heterocycles. The Morgan fingerprint density at radius 2 is 1.33 bits per heavy atom. The van der Waals surface area contributed by atoms with E-state index in [9.17, 15) is 34.2 Å². The summed E-state index contributed by atoms with van der Waals surface area (Å²) < 4.78 is 0. The van der Waals surface area contributed by atoms with Gasteiger partial charge in [-0.05, 0) is 69.2 Å². The predicted molar refractivity (Wildman–Crippen MR) is 153 cm³/mol. The normalized spacial score (nSPS) is 13.6. The summed E-state index contributed by atoms with van der Waals surface area (Å²) in [4.78, 5) is 65.6. The molecule has 4 atom stereocenters. The maximum atomic E-state index is 13.3. The summed E-state index contributed by atoms with van der Waals surface area (Å²) in [6.45, 7) is 0.479. The van der Waals surface area contributed by atoms with Crippen molar-refractivity contribution in [2.24, 2.45) is 27.9 Å². The molecule has 0 saturated carbocycles. The van der Waals surface area contributed by atoms with E-state index in [4.69, 9.17) is 28.0 Å². The summed E-state index contributed by atoms with van der Waals surface area (Å²) in [6, 6.07) is 1.23. The molecule has 42 heavy (non-hydrogen) atoms. The summed E-state index contributed by atoms with van der Waals surface area (Å²) in [5.41, 5.74) is 23.0. The molecule has 0 saturated heterocycles. The van der Waals surface area contributed by atoms with Gasteiger partial charge in [-0.25, -0.2) is 4.79 Å². The van der Waals surface area contributed by atoms with Crippen LogP contribution < -0.4 is 38.9 Å². The highest BCUT2D eigenvalue weighted by atomic mass is 16.4. The number of guanidine groups is 1. The zero-order chi connectivity index (χ0) is 31.7. The van der Waals surface area contributed by atoms with Gasteiger partial charge in [0.25, 0.3) is 0 Å². The van der Waals surface area contributed by atoms with Crippen LogP contribution in [-0.4, -0.2) is 88.2 Å². The Hall–Kier alpha value is -4.44. The van der Waals surface area contributed by atoms with Crippen LogP contribution in [0.25, 0.3) is 0 Å². The number of rotatable bonds is 20. The molecule has 3 amide bonds. The fraction of sp³-hybridized carbons (Fsp3) is 0.538. The summed E-state index contributed by atoms with van der Waals surface area (Å²) in [5.74, 6) is -4.95. The topological polar surface area (TPSA) is 299 Å². The van der Waals surface area contributed by atoms with Gasteiger partial charge in [0.2, 0.25) is 17.7 Å². The van der Waals surface area contributed by atoms with Gasteiger partial charge in [0, 0.05) is 13.0 Å². The largest absolute Gasteiger partial charge is 0.508 e. The molecule has 0 radical (unpaired) electrons. The van der Waals surface area contributed by atoms with Crippen molar-refractivity contribution in [1.82, 2.24) is 16.0 Å². The van der Waals surface area contributed by atoms with E-state index < -0.39 is 60.2 Å². The summed E-state index contributed by atoms with van der Waals surface area (Å²) >= 11 is 0. The number of amides is 3. The van der Waals surface area contributed by atoms with Gasteiger partial charge < -0.3 is 54.2 Å². The Bertz CT molecular complexity index is 1080. The molecule has 1 aromatic carbocycles. The summed E-state index contributed by atoms with van der Waals surface area (Å²) in [6.07, 6.45) is 0.669. The molecule has 0 aliphatic rings. The number of carbonyl (C=O) groups excluding carboxylic acids is 3. The number of carboxylic acids is 2. The number of unbranched alkanes of at least 4 members (excludes halogenated alkanes) is 1. The second kappa shape index (κ2) is 18.8. The fourth-order valence-electron chi connectivity index (χ4n) is 3.86. The molecule has 0 aliphatic carbocycles. The van der Waals surface area contributed by atoms with Crippen LogP contribution in [0, 0.1) is 0 Å². The second-order valence-corrected chi connectivity index (χ2v) is 9.66. The van der Waals surface area contributed by atoms with Crippen LogP contribution in [0.5, 0.6) is 5.75 Å². The highest BCUT2D eigenvalue weighted by molar-refractivity contribution is 5.94. The Kier molecular flexibility index (Phi) is 15.9. The van der Waals surface area contributed by atoms with E-state index in [2.05, 4.69) is 20.9 Å². The number of carbonyl (C=O) groups is 5. The lowest BCUT2D eigenvalue weighted by molar-refractivity contribution is -0.143. The first kappa shape index (κ1) is 35.6. The Morgan fingerprint density at radius 1 is 0.786 bits per heavy atom. The van der Waals surface area contributed by atoms with Gasteiger partial charge in [-0.1, -0.05) is 12.1 Å². The number of hydrogen-bond acceptors (Lipinski definition) is 9. The minimum atomic E-state index is -1.49. The SMILES string of the molecule is NCCCCC(NC(=O)C(CCCN=C(N)N)NC(=O)C(N)Cc1ccc(O)cc1)C(=O)NC(CCC(=O)O)C(=O)O. The van der Waals surface area contributed by atoms with Crippen molar-refractivity contribution < 1.29 is 39.3 Å². The van der Waals surface area contributed by atoms with Gasteiger partial charge in [-0.3, -0.25) is 24.2 Å². The van der Waals surface area contributed by atoms with E-state index in [0.29, 0.717) is 24.9 Å². The van der Waals surface area contributed by atoms with Gasteiger partial charge in [-0.15, -0.1) is 0 Å². The van der Waals surface area contributed by atoms with Crippen LogP contribution in [0.1, 0.15) is 50.5 Å². The van der Waals surface area contributed by atoms with Crippen LogP contribution >= 0.6 is 0 Å². The lowest BCUT2D eigenvalue weighted by Crippen LogP contribution is -2.57. The maximum absolute atomic E-state index is 13.3. The first-order valence-electron chi connectivity index (χ1n) is 13.5. The third kappa shape index (κ3) is 14.3. The van der Waals surface area contributed by atoms with Crippen LogP contribution in [0.2, 0.25) is 0 Å². The Balaban J connectivity index is 3.05. The van der Waals surface area contributed by atoms with E-state index in [-0.39, 0.29) is 50.4 Å². The Morgan fingerprint density at radius 3 is 1.86 bits per heavy atom. The molecular weight excluding hydrogens is 552 g/mol. The van der Waals surface area contributed by atoms with Crippen molar-refractivity contribution in [3.8, 4) is 5.75 Å². The smallest absolute Gasteiger partial charge is 0.326 e. The van der Waals surface area contributed by atoms with Gasteiger partial charge in [0.1, 0.15) is 23.9 Å². The molecule has 0 aliphatic heterocycles. The summed E-state index contributed by atoms with van der Waals surface area (Å²) in [7, 11) is 0. The van der Waals surface area contributed by atoms with Crippen LogP contribution in [0.15, 0.2) is 29.3 Å². The average Bonchev–Trinajstić information content (AvgIpc) is 2.92. The molecule has 16 nitrogen and oxygen atoms in total. The second-order valence-electron chi connectivity index (χ2n) is 9.66. The zero-order valence-corrected chi connectivity index (χ0v) is 23.3. The van der Waals surface area contributed by atoms with Crippen molar-refractivity contribution in [3.05, 3.63) is 29.8 Å². The third-order valence-electron chi connectivity index (χ3n) is 6.15. The molecule has 14 N–H and O–H groups in total.